The van der Waals surface area contributed by atoms with Gasteiger partial charge in [-0.05, 0) is 31.6 Å². The van der Waals surface area contributed by atoms with Crippen molar-refractivity contribution in [2.45, 2.75) is 51.4 Å². The van der Waals surface area contributed by atoms with E-state index >= 15 is 0 Å². The van der Waals surface area contributed by atoms with Crippen LogP contribution in [-0.4, -0.2) is 9.97 Å². The van der Waals surface area contributed by atoms with Crippen LogP contribution in [0.3, 0.4) is 0 Å². The highest BCUT2D eigenvalue weighted by atomic mass is 35.5. The fraction of sp³-hybridized carbons (Fsp3) is 0.600. The molecule has 1 fully saturated rings. The minimum Gasteiger partial charge on any atom is -0.233 e. The lowest BCUT2D eigenvalue weighted by atomic mass is 9.82. The van der Waals surface area contributed by atoms with Gasteiger partial charge in [-0.3, -0.25) is 0 Å². The summed E-state index contributed by atoms with van der Waals surface area (Å²) in [6, 6.07) is 0. The molecule has 1 aromatic rings. The van der Waals surface area contributed by atoms with Crippen LogP contribution in [0.15, 0.2) is 0 Å². The third-order valence-electron chi connectivity index (χ3n) is 4.18. The Balaban J connectivity index is 1.97. The fourth-order valence-electron chi connectivity index (χ4n) is 2.97. The van der Waals surface area contributed by atoms with Crippen LogP contribution in [0.2, 0.25) is 5.15 Å². The molecule has 2 aliphatic rings. The molecule has 3 rings (SSSR count). The molecule has 3 heteroatoms. The standard InChI is InChI=1S/C15H19ClN2/c1-10-6-8-11(9-7-10)15-17-13-5-3-2-4-12(13)14(16)18-15/h4-5,10-11H,2-3,6-9H2,1H3. The molecule has 1 saturated carbocycles. The van der Waals surface area contributed by atoms with Gasteiger partial charge in [0, 0.05) is 11.1 Å². The molecule has 0 N–H and O–H groups in total. The Morgan fingerprint density at radius 2 is 1.78 bits per heavy atom. The van der Waals surface area contributed by atoms with Gasteiger partial charge in [0.1, 0.15) is 11.0 Å². The number of rotatable bonds is 1. The fourth-order valence-corrected chi connectivity index (χ4v) is 3.23. The van der Waals surface area contributed by atoms with E-state index in [1.54, 1.807) is 0 Å². The Bertz CT molecular complexity index is 557. The molecular weight excluding hydrogens is 244 g/mol. The van der Waals surface area contributed by atoms with Crippen LogP contribution >= 0.6 is 11.6 Å². The first-order valence-corrected chi connectivity index (χ1v) is 7.35. The molecule has 0 unspecified atom stereocenters. The number of nitrogens with zero attached hydrogens (tertiary/aromatic N) is 2. The molecule has 1 aromatic heterocycles. The number of aromatic nitrogens is 2. The van der Waals surface area contributed by atoms with Gasteiger partial charge >= 0.3 is 0 Å². The van der Waals surface area contributed by atoms with Crippen molar-refractivity contribution in [2.24, 2.45) is 5.92 Å². The molecule has 0 spiro atoms. The highest BCUT2D eigenvalue weighted by Gasteiger charge is 2.22. The lowest BCUT2D eigenvalue weighted by Gasteiger charge is -2.25. The Morgan fingerprint density at radius 1 is 1.06 bits per heavy atom. The molecule has 96 valence electrons. The molecule has 1 heterocycles. The summed E-state index contributed by atoms with van der Waals surface area (Å²) in [4.78, 5) is 9.28. The molecular formula is C15H19ClN2. The van der Waals surface area contributed by atoms with Crippen LogP contribution in [0.1, 0.15) is 57.2 Å². The van der Waals surface area contributed by atoms with Crippen molar-refractivity contribution in [2.75, 3.05) is 0 Å². The first-order chi connectivity index (χ1) is 8.74. The minimum absolute atomic E-state index is 0.513. The van der Waals surface area contributed by atoms with Crippen LogP contribution < -0.4 is 10.6 Å². The second-order valence-electron chi connectivity index (χ2n) is 5.61. The smallest absolute Gasteiger partial charge is 0.140 e. The molecule has 0 saturated heterocycles. The highest BCUT2D eigenvalue weighted by Crippen LogP contribution is 2.33. The van der Waals surface area contributed by atoms with Gasteiger partial charge in [0.05, 0.1) is 5.35 Å². The van der Waals surface area contributed by atoms with Crippen LogP contribution in [0.5, 0.6) is 0 Å². The van der Waals surface area contributed by atoms with Gasteiger partial charge in [-0.1, -0.05) is 43.5 Å². The maximum Gasteiger partial charge on any atom is 0.140 e. The van der Waals surface area contributed by atoms with Crippen molar-refractivity contribution < 1.29 is 0 Å². The summed E-state index contributed by atoms with van der Waals surface area (Å²) in [7, 11) is 0. The van der Waals surface area contributed by atoms with Crippen molar-refractivity contribution in [3.05, 3.63) is 21.5 Å². The summed E-state index contributed by atoms with van der Waals surface area (Å²) in [6.45, 7) is 2.33. The number of hydrogen-bond acceptors (Lipinski definition) is 2. The molecule has 0 aliphatic heterocycles. The van der Waals surface area contributed by atoms with Crippen LogP contribution in [0.25, 0.3) is 12.2 Å². The molecule has 0 amide bonds. The lowest BCUT2D eigenvalue weighted by molar-refractivity contribution is 0.339. The third-order valence-corrected chi connectivity index (χ3v) is 4.47. The van der Waals surface area contributed by atoms with E-state index in [-0.39, 0.29) is 0 Å². The quantitative estimate of drug-likeness (QED) is 0.728. The Hall–Kier alpha value is -0.890. The van der Waals surface area contributed by atoms with E-state index in [1.165, 1.54) is 25.7 Å². The van der Waals surface area contributed by atoms with Crippen molar-refractivity contribution >= 4 is 23.8 Å². The minimum atomic E-state index is 0.513. The molecule has 2 aliphatic carbocycles. The van der Waals surface area contributed by atoms with Crippen molar-refractivity contribution in [3.63, 3.8) is 0 Å². The number of fused-ring (bicyclic) bond motifs is 1. The zero-order chi connectivity index (χ0) is 12.5. The van der Waals surface area contributed by atoms with Gasteiger partial charge < -0.3 is 0 Å². The van der Waals surface area contributed by atoms with Crippen molar-refractivity contribution in [1.82, 2.24) is 9.97 Å². The van der Waals surface area contributed by atoms with Gasteiger partial charge in [-0.25, -0.2) is 9.97 Å². The summed E-state index contributed by atoms with van der Waals surface area (Å²) in [5.74, 6) is 2.34. The molecule has 0 radical (unpaired) electrons. The largest absolute Gasteiger partial charge is 0.233 e. The van der Waals surface area contributed by atoms with E-state index < -0.39 is 0 Å². The summed E-state index contributed by atoms with van der Waals surface area (Å²) < 4.78 is 0. The van der Waals surface area contributed by atoms with E-state index in [4.69, 9.17) is 16.6 Å². The van der Waals surface area contributed by atoms with Gasteiger partial charge in [0.2, 0.25) is 0 Å². The maximum atomic E-state index is 6.29. The topological polar surface area (TPSA) is 25.8 Å². The Kier molecular flexibility index (Phi) is 3.38. The monoisotopic (exact) mass is 262 g/mol. The van der Waals surface area contributed by atoms with E-state index in [9.17, 15) is 0 Å². The van der Waals surface area contributed by atoms with E-state index in [2.05, 4.69) is 24.1 Å². The first kappa shape index (κ1) is 12.2. The summed E-state index contributed by atoms with van der Waals surface area (Å²) in [5, 5.41) is 2.73. The predicted molar refractivity (Wildman–Crippen MR) is 74.8 cm³/mol. The third kappa shape index (κ3) is 2.31. The van der Waals surface area contributed by atoms with Gasteiger partial charge in [0.25, 0.3) is 0 Å². The highest BCUT2D eigenvalue weighted by molar-refractivity contribution is 6.29. The van der Waals surface area contributed by atoms with Gasteiger partial charge in [-0.2, -0.15) is 0 Å². The molecule has 0 bridgehead atoms. The number of halogens is 1. The normalized spacial score (nSPS) is 27.0. The number of hydrogen-bond donors (Lipinski definition) is 0. The van der Waals surface area contributed by atoms with E-state index in [0.717, 1.165) is 35.2 Å². The zero-order valence-corrected chi connectivity index (χ0v) is 11.6. The van der Waals surface area contributed by atoms with Gasteiger partial charge in [-0.15, -0.1) is 0 Å². The van der Waals surface area contributed by atoms with E-state index in [0.29, 0.717) is 11.1 Å². The predicted octanol–water partition coefficient (Wildman–Crippen LogP) is 2.78. The average Bonchev–Trinajstić information content (AvgIpc) is 2.39. The zero-order valence-electron chi connectivity index (χ0n) is 10.8. The van der Waals surface area contributed by atoms with Crippen LogP contribution in [0, 0.1) is 5.92 Å². The van der Waals surface area contributed by atoms with Gasteiger partial charge in [0.15, 0.2) is 0 Å². The second kappa shape index (κ2) is 5.00. The summed E-state index contributed by atoms with van der Waals surface area (Å²) >= 11 is 6.29. The summed E-state index contributed by atoms with van der Waals surface area (Å²) in [5.41, 5.74) is 0. The molecule has 0 atom stereocenters. The summed E-state index contributed by atoms with van der Waals surface area (Å²) in [6.07, 6.45) is 11.5. The molecule has 2 nitrogen and oxygen atoms in total. The Morgan fingerprint density at radius 3 is 2.56 bits per heavy atom. The SMILES string of the molecule is CC1CCC(c2nc(Cl)c3c(n2)=CCCC=3)CC1. The average molecular weight is 263 g/mol. The Labute approximate surface area is 113 Å². The van der Waals surface area contributed by atoms with Crippen LogP contribution in [-0.2, 0) is 0 Å². The maximum absolute atomic E-state index is 6.29. The first-order valence-electron chi connectivity index (χ1n) is 6.98. The van der Waals surface area contributed by atoms with E-state index in [1.807, 2.05) is 0 Å². The molecule has 0 aromatic carbocycles. The van der Waals surface area contributed by atoms with Crippen molar-refractivity contribution in [3.8, 4) is 0 Å². The van der Waals surface area contributed by atoms with Crippen LogP contribution in [0.4, 0.5) is 0 Å². The molecule has 18 heavy (non-hydrogen) atoms. The van der Waals surface area contributed by atoms with Crippen molar-refractivity contribution in [1.29, 1.82) is 0 Å². The second-order valence-corrected chi connectivity index (χ2v) is 5.97. The lowest BCUT2D eigenvalue weighted by Crippen LogP contribution is -2.34.